The van der Waals surface area contributed by atoms with Crippen molar-refractivity contribution in [2.45, 2.75) is 19.3 Å². The van der Waals surface area contributed by atoms with E-state index in [9.17, 15) is 19.2 Å². The zero-order valence-electron chi connectivity index (χ0n) is 10.8. The molecule has 7 nitrogen and oxygen atoms in total. The van der Waals surface area contributed by atoms with Gasteiger partial charge < -0.3 is 15.4 Å². The number of rotatable bonds is 8. The van der Waals surface area contributed by atoms with Gasteiger partial charge in [-0.05, 0) is 0 Å². The van der Waals surface area contributed by atoms with Crippen molar-refractivity contribution in [2.75, 3.05) is 18.8 Å². The van der Waals surface area contributed by atoms with Gasteiger partial charge in [-0.15, -0.1) is 0 Å². The van der Waals surface area contributed by atoms with Gasteiger partial charge in [0.2, 0.25) is 17.4 Å². The predicted octanol–water partition coefficient (Wildman–Crippen LogP) is -0.281. The third-order valence-corrected chi connectivity index (χ3v) is 3.16. The van der Waals surface area contributed by atoms with Crippen molar-refractivity contribution in [1.29, 1.82) is 0 Å². The molecule has 1 heterocycles. The molecule has 0 aromatic heterocycles. The van der Waals surface area contributed by atoms with Crippen molar-refractivity contribution in [3.05, 3.63) is 11.8 Å². The number of nitrogens with one attached hydrogen (secondary N) is 2. The number of esters is 1. The Morgan fingerprint density at radius 3 is 2.75 bits per heavy atom. The molecular formula is C12H16N2O5S. The van der Waals surface area contributed by atoms with E-state index < -0.39 is 0 Å². The van der Waals surface area contributed by atoms with Crippen LogP contribution >= 0.6 is 11.8 Å². The fourth-order valence-corrected chi connectivity index (χ4v) is 2.04. The van der Waals surface area contributed by atoms with E-state index in [1.165, 1.54) is 6.08 Å². The lowest BCUT2D eigenvalue weighted by atomic mass is 10.3. The zero-order valence-corrected chi connectivity index (χ0v) is 11.7. The van der Waals surface area contributed by atoms with Gasteiger partial charge in [0.1, 0.15) is 5.76 Å². The topological polar surface area (TPSA) is 102 Å². The van der Waals surface area contributed by atoms with Gasteiger partial charge in [-0.1, -0.05) is 11.8 Å². The van der Waals surface area contributed by atoms with Crippen LogP contribution < -0.4 is 10.6 Å². The largest absolute Gasteiger partial charge is 0.431 e. The first kappa shape index (κ1) is 16.2. The fraction of sp³-hybridized carbons (Fsp3) is 0.500. The van der Waals surface area contributed by atoms with Gasteiger partial charge >= 0.3 is 5.97 Å². The van der Waals surface area contributed by atoms with Crippen molar-refractivity contribution in [1.82, 2.24) is 10.6 Å². The summed E-state index contributed by atoms with van der Waals surface area (Å²) < 4.78 is 4.81. The summed E-state index contributed by atoms with van der Waals surface area (Å²) in [5, 5.41) is 4.80. The quantitative estimate of drug-likeness (QED) is 0.277. The number of allylic oxidation sites excluding steroid dienone is 1. The van der Waals surface area contributed by atoms with Gasteiger partial charge in [0.25, 0.3) is 0 Å². The molecule has 0 spiro atoms. The lowest BCUT2D eigenvalue weighted by Gasteiger charge is -2.03. The second-order valence-electron chi connectivity index (χ2n) is 3.92. The van der Waals surface area contributed by atoms with Crippen LogP contribution in [-0.4, -0.2) is 42.2 Å². The van der Waals surface area contributed by atoms with Crippen LogP contribution in [0.1, 0.15) is 19.3 Å². The Bertz CT molecular complexity index is 422. The molecule has 0 radical (unpaired) electrons. The number of cyclic esters (lactones) is 1. The summed E-state index contributed by atoms with van der Waals surface area (Å²) >= 11 is 1.04. The van der Waals surface area contributed by atoms with E-state index in [1.54, 1.807) is 0 Å². The Kier molecular flexibility index (Phi) is 7.41. The molecule has 20 heavy (non-hydrogen) atoms. The highest BCUT2D eigenvalue weighted by Crippen LogP contribution is 2.18. The van der Waals surface area contributed by atoms with Crippen LogP contribution in [-0.2, 0) is 23.9 Å². The first-order chi connectivity index (χ1) is 9.61. The summed E-state index contributed by atoms with van der Waals surface area (Å²) in [7, 11) is 0. The summed E-state index contributed by atoms with van der Waals surface area (Å²) in [5.74, 6) is 0.334. The molecule has 1 saturated heterocycles. The van der Waals surface area contributed by atoms with E-state index in [-0.39, 0.29) is 23.4 Å². The molecule has 1 aliphatic heterocycles. The average molecular weight is 300 g/mol. The number of ether oxygens (including phenoxy) is 1. The van der Waals surface area contributed by atoms with Gasteiger partial charge in [0.15, 0.2) is 0 Å². The number of thioether (sulfide) groups is 1. The zero-order chi connectivity index (χ0) is 14.8. The van der Waals surface area contributed by atoms with E-state index in [1.807, 2.05) is 0 Å². The number of hydrogen-bond acceptors (Lipinski definition) is 6. The molecule has 0 atom stereocenters. The Hall–Kier alpha value is -1.83. The van der Waals surface area contributed by atoms with Crippen molar-refractivity contribution < 1.29 is 23.9 Å². The van der Waals surface area contributed by atoms with E-state index in [2.05, 4.69) is 10.6 Å². The Labute approximate surface area is 120 Å². The van der Waals surface area contributed by atoms with Gasteiger partial charge in [0, 0.05) is 37.8 Å². The maximum atomic E-state index is 11.5. The summed E-state index contributed by atoms with van der Waals surface area (Å²) in [5.41, 5.74) is 0. The molecule has 8 heteroatoms. The number of amides is 2. The van der Waals surface area contributed by atoms with Crippen LogP contribution in [0.5, 0.6) is 0 Å². The summed E-state index contributed by atoms with van der Waals surface area (Å²) in [6.45, 7) is 0.651. The lowest BCUT2D eigenvalue weighted by molar-refractivity contribution is -0.135. The smallest absolute Gasteiger partial charge is 0.311 e. The van der Waals surface area contributed by atoms with E-state index in [0.717, 1.165) is 11.8 Å². The molecule has 1 fully saturated rings. The molecule has 1 rings (SSSR count). The maximum absolute atomic E-state index is 11.5. The van der Waals surface area contributed by atoms with Crippen LogP contribution in [0.4, 0.5) is 0 Å². The molecule has 1 aliphatic rings. The number of carbonyl (C=O) groups excluding carboxylic acids is 4. The minimum Gasteiger partial charge on any atom is -0.431 e. The molecule has 0 saturated carbocycles. The van der Waals surface area contributed by atoms with Crippen molar-refractivity contribution in [3.8, 4) is 0 Å². The third-order valence-electron chi connectivity index (χ3n) is 2.35. The van der Waals surface area contributed by atoms with Crippen molar-refractivity contribution in [3.63, 3.8) is 0 Å². The summed E-state index contributed by atoms with van der Waals surface area (Å²) in [6.07, 6.45) is 2.83. The Morgan fingerprint density at radius 2 is 2.10 bits per heavy atom. The van der Waals surface area contributed by atoms with Crippen LogP contribution in [0, 0.1) is 0 Å². The summed E-state index contributed by atoms with van der Waals surface area (Å²) in [6, 6.07) is 0. The highest BCUT2D eigenvalue weighted by Gasteiger charge is 2.18. The highest BCUT2D eigenvalue weighted by atomic mass is 32.2. The second kappa shape index (κ2) is 9.13. The van der Waals surface area contributed by atoms with E-state index in [0.29, 0.717) is 43.9 Å². The first-order valence-corrected chi connectivity index (χ1v) is 7.12. The van der Waals surface area contributed by atoms with E-state index >= 15 is 0 Å². The minimum absolute atomic E-state index is 0.185. The lowest BCUT2D eigenvalue weighted by Crippen LogP contribution is -2.29. The molecule has 0 aromatic carbocycles. The predicted molar refractivity (Wildman–Crippen MR) is 72.6 cm³/mol. The van der Waals surface area contributed by atoms with Gasteiger partial charge in [-0.3, -0.25) is 19.2 Å². The van der Waals surface area contributed by atoms with Crippen molar-refractivity contribution >= 4 is 35.2 Å². The highest BCUT2D eigenvalue weighted by molar-refractivity contribution is 8.14. The van der Waals surface area contributed by atoms with Crippen LogP contribution in [0.25, 0.3) is 0 Å². The third kappa shape index (κ3) is 6.93. The summed E-state index contributed by atoms with van der Waals surface area (Å²) in [4.78, 5) is 43.5. The van der Waals surface area contributed by atoms with Gasteiger partial charge in [-0.25, -0.2) is 0 Å². The fourth-order valence-electron chi connectivity index (χ4n) is 1.42. The normalized spacial score (nSPS) is 15.8. The number of hydrogen-bond donors (Lipinski definition) is 2. The average Bonchev–Trinajstić information content (AvgIpc) is 2.80. The number of carbonyl (C=O) groups is 4. The second-order valence-corrected chi connectivity index (χ2v) is 5.02. The molecular weight excluding hydrogens is 284 g/mol. The molecule has 2 amide bonds. The van der Waals surface area contributed by atoms with Crippen LogP contribution in [0.2, 0.25) is 0 Å². The maximum Gasteiger partial charge on any atom is 0.311 e. The molecule has 0 unspecified atom stereocenters. The molecule has 0 aliphatic carbocycles. The Morgan fingerprint density at radius 1 is 1.30 bits per heavy atom. The monoisotopic (exact) mass is 300 g/mol. The van der Waals surface area contributed by atoms with Crippen molar-refractivity contribution in [2.24, 2.45) is 0 Å². The molecule has 110 valence electrons. The van der Waals surface area contributed by atoms with E-state index in [4.69, 9.17) is 4.74 Å². The molecule has 0 aromatic rings. The first-order valence-electron chi connectivity index (χ1n) is 6.13. The Balaban J connectivity index is 2.08. The molecule has 0 bridgehead atoms. The van der Waals surface area contributed by atoms with Crippen LogP contribution in [0.3, 0.4) is 0 Å². The van der Waals surface area contributed by atoms with Gasteiger partial charge in [0.05, 0.1) is 6.42 Å². The van der Waals surface area contributed by atoms with Crippen LogP contribution in [0.15, 0.2) is 11.8 Å². The minimum atomic E-state index is -0.315. The standard InChI is InChI=1S/C12H16N2O5S/c15-8-13-4-3-10(16)14-5-6-20-12(18)7-9-1-2-11(17)19-9/h7-8H,1-6H2,(H,13,15)(H,14,16)/b9-7+. The SMILES string of the molecule is O=CNCCC(=O)NCCSC(=O)/C=C1\CCC(=O)O1. The molecule has 2 N–H and O–H groups in total. The van der Waals surface area contributed by atoms with Gasteiger partial charge in [-0.2, -0.15) is 0 Å².